The summed E-state index contributed by atoms with van der Waals surface area (Å²) in [5, 5.41) is 0. The van der Waals surface area contributed by atoms with E-state index < -0.39 is 0 Å². The van der Waals surface area contributed by atoms with E-state index in [0.29, 0.717) is 10.7 Å². The average Bonchev–Trinajstić information content (AvgIpc) is 2.98. The fourth-order valence-corrected chi connectivity index (χ4v) is 4.15. The van der Waals surface area contributed by atoms with Gasteiger partial charge in [-0.2, -0.15) is 0 Å². The van der Waals surface area contributed by atoms with Crippen molar-refractivity contribution in [2.75, 3.05) is 11.4 Å². The first kappa shape index (κ1) is 16.0. The second-order valence-electron chi connectivity index (χ2n) is 6.75. The first-order valence-electron chi connectivity index (χ1n) is 8.76. The predicted molar refractivity (Wildman–Crippen MR) is 95.8 cm³/mol. The van der Waals surface area contributed by atoms with Crippen LogP contribution in [-0.2, 0) is 17.6 Å². The van der Waals surface area contributed by atoms with Crippen LogP contribution in [0, 0.1) is 5.92 Å². The van der Waals surface area contributed by atoms with Crippen molar-refractivity contribution in [3.05, 3.63) is 29.3 Å². The lowest BCUT2D eigenvalue weighted by atomic mass is 9.88. The lowest BCUT2D eigenvalue weighted by Crippen LogP contribution is -2.35. The van der Waals surface area contributed by atoms with E-state index in [-0.39, 0.29) is 5.92 Å². The number of carbonyl (C=O) groups is 1. The zero-order valence-electron chi connectivity index (χ0n) is 13.5. The normalized spacial score (nSPS) is 20.0. The number of anilines is 1. The molecule has 0 saturated heterocycles. The largest absolute Gasteiger partial charge is 0.312 e. The highest BCUT2D eigenvalue weighted by atomic mass is 79.9. The fraction of sp³-hybridized carbons (Fsp3) is 0.632. The lowest BCUT2D eigenvalue weighted by molar-refractivity contribution is -0.123. The number of alkyl halides is 1. The number of nitrogens with zero attached hydrogens (tertiary/aromatic N) is 1. The second-order valence-corrected chi connectivity index (χ2v) is 8.04. The molecule has 0 aromatic heterocycles. The minimum Gasteiger partial charge on any atom is -0.312 e. The highest BCUT2D eigenvalue weighted by molar-refractivity contribution is 9.09. The summed E-state index contributed by atoms with van der Waals surface area (Å²) in [6.07, 6.45) is 9.15. The van der Waals surface area contributed by atoms with E-state index in [0.717, 1.165) is 38.6 Å². The van der Waals surface area contributed by atoms with E-state index in [4.69, 9.17) is 0 Å². The Balaban J connectivity index is 1.73. The molecule has 0 radical (unpaired) electrons. The van der Waals surface area contributed by atoms with Crippen LogP contribution in [-0.4, -0.2) is 17.3 Å². The van der Waals surface area contributed by atoms with Gasteiger partial charge in [-0.3, -0.25) is 4.79 Å². The maximum absolute atomic E-state index is 12.8. The summed E-state index contributed by atoms with van der Waals surface area (Å²) in [5.41, 5.74) is 3.91. The van der Waals surface area contributed by atoms with Gasteiger partial charge >= 0.3 is 0 Å². The van der Waals surface area contributed by atoms with Crippen molar-refractivity contribution < 1.29 is 4.79 Å². The van der Waals surface area contributed by atoms with Crippen LogP contribution in [0.3, 0.4) is 0 Å². The molecule has 1 aromatic carbocycles. The Morgan fingerprint density at radius 3 is 2.82 bits per heavy atom. The monoisotopic (exact) mass is 363 g/mol. The number of hydrogen-bond donors (Lipinski definition) is 0. The van der Waals surface area contributed by atoms with E-state index >= 15 is 0 Å². The maximum Gasteiger partial charge on any atom is 0.230 e. The zero-order valence-corrected chi connectivity index (χ0v) is 15.1. The first-order valence-corrected chi connectivity index (χ1v) is 9.68. The van der Waals surface area contributed by atoms with E-state index in [1.54, 1.807) is 0 Å². The highest BCUT2D eigenvalue weighted by Gasteiger charge is 2.30. The van der Waals surface area contributed by atoms with Crippen LogP contribution < -0.4 is 4.90 Å². The quantitative estimate of drug-likeness (QED) is 0.698. The minimum atomic E-state index is 0.270. The van der Waals surface area contributed by atoms with Gasteiger partial charge in [0.1, 0.15) is 0 Å². The van der Waals surface area contributed by atoms with Crippen LogP contribution in [0.1, 0.15) is 56.6 Å². The molecule has 0 N–H and O–H groups in total. The predicted octanol–water partition coefficient (Wildman–Crippen LogP) is 4.87. The van der Waals surface area contributed by atoms with Crippen molar-refractivity contribution in [2.45, 2.75) is 63.1 Å². The summed E-state index contributed by atoms with van der Waals surface area (Å²) < 4.78 is 0. The van der Waals surface area contributed by atoms with Gasteiger partial charge in [-0.15, -0.1) is 0 Å². The Morgan fingerprint density at radius 2 is 2.09 bits per heavy atom. The SMILES string of the molecule is CCC(Br)Cc1ccc2c(c1)CCN2C(=O)C1CCCCC1. The third-order valence-electron chi connectivity index (χ3n) is 5.16. The number of benzene rings is 1. The second kappa shape index (κ2) is 7.16. The molecule has 2 aliphatic rings. The van der Waals surface area contributed by atoms with E-state index in [9.17, 15) is 4.79 Å². The number of amides is 1. The molecule has 1 amide bonds. The van der Waals surface area contributed by atoms with Crippen molar-refractivity contribution >= 4 is 27.5 Å². The molecule has 1 saturated carbocycles. The maximum atomic E-state index is 12.8. The zero-order chi connectivity index (χ0) is 15.5. The Bertz CT molecular complexity index is 536. The topological polar surface area (TPSA) is 20.3 Å². The molecule has 1 heterocycles. The summed E-state index contributed by atoms with van der Waals surface area (Å²) in [6, 6.07) is 6.69. The third-order valence-corrected chi connectivity index (χ3v) is 6.13. The van der Waals surface area contributed by atoms with Crippen molar-refractivity contribution in [1.82, 2.24) is 0 Å². The lowest BCUT2D eigenvalue weighted by Gasteiger charge is -2.26. The number of hydrogen-bond acceptors (Lipinski definition) is 1. The van der Waals surface area contributed by atoms with Gasteiger partial charge in [0.15, 0.2) is 0 Å². The smallest absolute Gasteiger partial charge is 0.230 e. The molecule has 120 valence electrons. The minimum absolute atomic E-state index is 0.270. The molecule has 3 rings (SSSR count). The molecule has 1 aliphatic heterocycles. The fourth-order valence-electron chi connectivity index (χ4n) is 3.78. The molecular formula is C19H26BrNO. The van der Waals surface area contributed by atoms with Gasteiger partial charge in [0.2, 0.25) is 5.91 Å². The number of carbonyl (C=O) groups excluding carboxylic acids is 1. The standard InChI is InChI=1S/C19H26BrNO/c1-2-17(20)13-14-8-9-18-16(12-14)10-11-21(18)19(22)15-6-4-3-5-7-15/h8-9,12,15,17H,2-7,10-11,13H2,1H3. The number of halogens is 1. The van der Waals surface area contributed by atoms with E-state index in [1.807, 2.05) is 0 Å². The number of fused-ring (bicyclic) bond motifs is 1. The highest BCUT2D eigenvalue weighted by Crippen LogP contribution is 2.33. The summed E-state index contributed by atoms with van der Waals surface area (Å²) in [4.78, 5) is 15.4. The van der Waals surface area contributed by atoms with Crippen LogP contribution in [0.5, 0.6) is 0 Å². The van der Waals surface area contributed by atoms with Crippen LogP contribution in [0.2, 0.25) is 0 Å². The van der Waals surface area contributed by atoms with Gasteiger partial charge in [0.25, 0.3) is 0 Å². The molecule has 0 spiro atoms. The average molecular weight is 364 g/mol. The molecule has 3 heteroatoms. The van der Waals surface area contributed by atoms with Gasteiger partial charge in [0, 0.05) is 23.0 Å². The number of rotatable bonds is 4. The van der Waals surface area contributed by atoms with Crippen LogP contribution >= 0.6 is 15.9 Å². The van der Waals surface area contributed by atoms with Crippen molar-refractivity contribution in [3.63, 3.8) is 0 Å². The molecule has 1 unspecified atom stereocenters. The van der Waals surface area contributed by atoms with Gasteiger partial charge in [0.05, 0.1) is 0 Å². The van der Waals surface area contributed by atoms with Gasteiger partial charge in [-0.1, -0.05) is 54.2 Å². The van der Waals surface area contributed by atoms with Gasteiger partial charge < -0.3 is 4.90 Å². The molecule has 1 atom stereocenters. The summed E-state index contributed by atoms with van der Waals surface area (Å²) in [7, 11) is 0. The van der Waals surface area contributed by atoms with Crippen molar-refractivity contribution in [2.24, 2.45) is 5.92 Å². The Hall–Kier alpha value is -0.830. The summed E-state index contributed by atoms with van der Waals surface area (Å²) in [5.74, 6) is 0.643. The molecule has 1 aliphatic carbocycles. The Morgan fingerprint density at radius 1 is 1.32 bits per heavy atom. The molecular weight excluding hydrogens is 338 g/mol. The molecule has 0 bridgehead atoms. The van der Waals surface area contributed by atoms with Crippen LogP contribution in [0.25, 0.3) is 0 Å². The van der Waals surface area contributed by atoms with Gasteiger partial charge in [-0.25, -0.2) is 0 Å². The Kier molecular flexibility index (Phi) is 5.22. The van der Waals surface area contributed by atoms with E-state index in [1.165, 1.54) is 36.1 Å². The van der Waals surface area contributed by atoms with E-state index in [2.05, 4.69) is 46.0 Å². The molecule has 1 fully saturated rings. The molecule has 1 aromatic rings. The molecule has 22 heavy (non-hydrogen) atoms. The Labute approximate surface area is 142 Å². The summed E-state index contributed by atoms with van der Waals surface area (Å²) in [6.45, 7) is 3.08. The van der Waals surface area contributed by atoms with Crippen molar-refractivity contribution in [1.29, 1.82) is 0 Å². The third kappa shape index (κ3) is 3.40. The molecule has 2 nitrogen and oxygen atoms in total. The van der Waals surface area contributed by atoms with Crippen molar-refractivity contribution in [3.8, 4) is 0 Å². The van der Waals surface area contributed by atoms with Crippen LogP contribution in [0.15, 0.2) is 18.2 Å². The van der Waals surface area contributed by atoms with Crippen LogP contribution in [0.4, 0.5) is 5.69 Å². The van der Waals surface area contributed by atoms with Gasteiger partial charge in [-0.05, 0) is 49.3 Å². The first-order chi connectivity index (χ1) is 10.7. The summed E-state index contributed by atoms with van der Waals surface area (Å²) >= 11 is 3.72.